The van der Waals surface area contributed by atoms with E-state index in [0.29, 0.717) is 17.5 Å². The molecule has 16 heavy (non-hydrogen) atoms. The fourth-order valence-corrected chi connectivity index (χ4v) is 1.91. The highest BCUT2D eigenvalue weighted by atomic mass is 32.1. The first-order chi connectivity index (χ1) is 7.79. The Morgan fingerprint density at radius 2 is 2.19 bits per heavy atom. The van der Waals surface area contributed by atoms with Crippen molar-refractivity contribution in [2.24, 2.45) is 0 Å². The van der Waals surface area contributed by atoms with Gasteiger partial charge in [0.25, 0.3) is 0 Å². The summed E-state index contributed by atoms with van der Waals surface area (Å²) in [6.45, 7) is 0.396. The molecule has 1 aromatic carbocycles. The van der Waals surface area contributed by atoms with Crippen molar-refractivity contribution in [2.45, 2.75) is 13.2 Å². The maximum atomic E-state index is 9.11. The summed E-state index contributed by atoms with van der Waals surface area (Å²) in [5.41, 5.74) is 6.29. The van der Waals surface area contributed by atoms with Gasteiger partial charge in [-0.25, -0.2) is 4.98 Å². The predicted molar refractivity (Wildman–Crippen MR) is 63.2 cm³/mol. The van der Waals surface area contributed by atoms with Crippen LogP contribution in [0.3, 0.4) is 0 Å². The molecule has 0 atom stereocenters. The van der Waals surface area contributed by atoms with E-state index in [1.807, 2.05) is 24.3 Å². The molecule has 1 aromatic heterocycles. The zero-order valence-electron chi connectivity index (χ0n) is 8.59. The van der Waals surface area contributed by atoms with Crippen LogP contribution in [0.4, 0.5) is 5.13 Å². The van der Waals surface area contributed by atoms with Crippen molar-refractivity contribution >= 4 is 16.5 Å². The average Bonchev–Trinajstić information content (AvgIpc) is 2.73. The van der Waals surface area contributed by atoms with E-state index in [1.54, 1.807) is 6.20 Å². The number of thiazole rings is 1. The van der Waals surface area contributed by atoms with E-state index < -0.39 is 0 Å². The van der Waals surface area contributed by atoms with E-state index in [2.05, 4.69) is 4.98 Å². The standard InChI is InChI=1S/C11H12N2O2S/c12-11-13-5-9(16-11)7-15-10-4-2-1-3-8(10)6-14/h1-5,14H,6-7H2,(H2,12,13). The number of aliphatic hydroxyl groups is 1. The molecule has 84 valence electrons. The molecule has 0 radical (unpaired) electrons. The molecule has 0 aliphatic rings. The average molecular weight is 236 g/mol. The Balaban J connectivity index is 2.04. The normalized spacial score (nSPS) is 10.3. The third kappa shape index (κ3) is 2.50. The lowest BCUT2D eigenvalue weighted by Crippen LogP contribution is -1.96. The van der Waals surface area contributed by atoms with E-state index in [9.17, 15) is 0 Å². The van der Waals surface area contributed by atoms with Crippen LogP contribution in [-0.4, -0.2) is 10.1 Å². The molecule has 0 fully saturated rings. The fraction of sp³-hybridized carbons (Fsp3) is 0.182. The number of anilines is 1. The fourth-order valence-electron chi connectivity index (χ4n) is 1.31. The molecule has 0 unspecified atom stereocenters. The number of nitrogens with zero attached hydrogens (tertiary/aromatic N) is 1. The lowest BCUT2D eigenvalue weighted by molar-refractivity contribution is 0.260. The molecule has 0 aliphatic carbocycles. The molecular formula is C11H12N2O2S. The highest BCUT2D eigenvalue weighted by molar-refractivity contribution is 7.15. The first-order valence-corrected chi connectivity index (χ1v) is 5.63. The summed E-state index contributed by atoms with van der Waals surface area (Å²) in [4.78, 5) is 4.90. The number of ether oxygens (including phenoxy) is 1. The molecule has 3 N–H and O–H groups in total. The Bertz CT molecular complexity index is 471. The van der Waals surface area contributed by atoms with Gasteiger partial charge >= 0.3 is 0 Å². The van der Waals surface area contributed by atoms with E-state index in [-0.39, 0.29) is 6.61 Å². The zero-order valence-corrected chi connectivity index (χ0v) is 9.41. The molecule has 0 bridgehead atoms. The SMILES string of the molecule is Nc1ncc(COc2ccccc2CO)s1. The minimum absolute atomic E-state index is 0.0268. The highest BCUT2D eigenvalue weighted by Gasteiger charge is 2.03. The Kier molecular flexibility index (Phi) is 3.38. The Hall–Kier alpha value is -1.59. The van der Waals surface area contributed by atoms with Gasteiger partial charge in [0.15, 0.2) is 5.13 Å². The van der Waals surface area contributed by atoms with Crippen LogP contribution < -0.4 is 10.5 Å². The van der Waals surface area contributed by atoms with Crippen LogP contribution in [0.5, 0.6) is 5.75 Å². The van der Waals surface area contributed by atoms with E-state index in [0.717, 1.165) is 10.4 Å². The van der Waals surface area contributed by atoms with Gasteiger partial charge in [0.1, 0.15) is 12.4 Å². The van der Waals surface area contributed by atoms with E-state index in [4.69, 9.17) is 15.6 Å². The molecule has 0 saturated carbocycles. The Morgan fingerprint density at radius 1 is 1.38 bits per heavy atom. The number of para-hydroxylation sites is 1. The van der Waals surface area contributed by atoms with Gasteiger partial charge in [-0.15, -0.1) is 0 Å². The number of nitrogen functional groups attached to an aromatic ring is 1. The van der Waals surface area contributed by atoms with Crippen molar-refractivity contribution in [3.05, 3.63) is 40.9 Å². The van der Waals surface area contributed by atoms with Gasteiger partial charge in [-0.05, 0) is 6.07 Å². The maximum absolute atomic E-state index is 9.11. The summed E-state index contributed by atoms with van der Waals surface area (Å²) in [7, 11) is 0. The smallest absolute Gasteiger partial charge is 0.180 e. The van der Waals surface area contributed by atoms with Gasteiger partial charge in [-0.2, -0.15) is 0 Å². The first kappa shape index (κ1) is 10.9. The summed E-state index contributed by atoms with van der Waals surface area (Å²) >= 11 is 1.40. The number of nitrogens with two attached hydrogens (primary N) is 1. The summed E-state index contributed by atoms with van der Waals surface area (Å²) in [6, 6.07) is 7.39. The van der Waals surface area contributed by atoms with Crippen LogP contribution in [0.2, 0.25) is 0 Å². The Morgan fingerprint density at radius 3 is 2.88 bits per heavy atom. The van der Waals surface area contributed by atoms with Crippen LogP contribution >= 0.6 is 11.3 Å². The molecule has 0 saturated heterocycles. The van der Waals surface area contributed by atoms with Crippen molar-refractivity contribution in [1.82, 2.24) is 4.98 Å². The minimum atomic E-state index is -0.0268. The third-order valence-electron chi connectivity index (χ3n) is 2.08. The lowest BCUT2D eigenvalue weighted by atomic mass is 10.2. The molecule has 5 heteroatoms. The quantitative estimate of drug-likeness (QED) is 0.849. The number of hydrogen-bond acceptors (Lipinski definition) is 5. The van der Waals surface area contributed by atoms with Crippen molar-refractivity contribution in [2.75, 3.05) is 5.73 Å². The largest absolute Gasteiger partial charge is 0.488 e. The van der Waals surface area contributed by atoms with Gasteiger partial charge in [-0.1, -0.05) is 29.5 Å². The molecule has 0 spiro atoms. The van der Waals surface area contributed by atoms with Gasteiger partial charge in [0.05, 0.1) is 11.5 Å². The summed E-state index contributed by atoms with van der Waals surface area (Å²) < 4.78 is 5.58. The molecule has 1 heterocycles. The number of aromatic nitrogens is 1. The van der Waals surface area contributed by atoms with Crippen LogP contribution in [0.1, 0.15) is 10.4 Å². The number of benzene rings is 1. The number of aliphatic hydroxyl groups excluding tert-OH is 1. The third-order valence-corrected chi connectivity index (χ3v) is 2.88. The Labute approximate surface area is 97.3 Å². The second kappa shape index (κ2) is 4.96. The monoisotopic (exact) mass is 236 g/mol. The second-order valence-corrected chi connectivity index (χ2v) is 4.37. The summed E-state index contributed by atoms with van der Waals surface area (Å²) in [6.07, 6.45) is 1.70. The second-order valence-electron chi connectivity index (χ2n) is 3.22. The first-order valence-electron chi connectivity index (χ1n) is 4.81. The van der Waals surface area contributed by atoms with Gasteiger partial charge in [0, 0.05) is 11.8 Å². The molecule has 2 aromatic rings. The summed E-state index contributed by atoms with van der Waals surface area (Å²) in [5, 5.41) is 9.65. The minimum Gasteiger partial charge on any atom is -0.488 e. The van der Waals surface area contributed by atoms with E-state index in [1.165, 1.54) is 11.3 Å². The molecule has 4 nitrogen and oxygen atoms in total. The van der Waals surface area contributed by atoms with Crippen LogP contribution in [0.25, 0.3) is 0 Å². The van der Waals surface area contributed by atoms with Crippen molar-refractivity contribution in [1.29, 1.82) is 0 Å². The number of hydrogen-bond donors (Lipinski definition) is 2. The zero-order chi connectivity index (χ0) is 11.4. The topological polar surface area (TPSA) is 68.4 Å². The van der Waals surface area contributed by atoms with Crippen LogP contribution in [-0.2, 0) is 13.2 Å². The number of rotatable bonds is 4. The molecule has 0 aliphatic heterocycles. The van der Waals surface area contributed by atoms with Crippen LogP contribution in [0.15, 0.2) is 30.5 Å². The maximum Gasteiger partial charge on any atom is 0.180 e. The van der Waals surface area contributed by atoms with Crippen LogP contribution in [0, 0.1) is 0 Å². The lowest BCUT2D eigenvalue weighted by Gasteiger charge is -2.08. The highest BCUT2D eigenvalue weighted by Crippen LogP contribution is 2.21. The molecule has 0 amide bonds. The van der Waals surface area contributed by atoms with E-state index >= 15 is 0 Å². The summed E-state index contributed by atoms with van der Waals surface area (Å²) in [5.74, 6) is 0.692. The van der Waals surface area contributed by atoms with Crippen molar-refractivity contribution in [3.8, 4) is 5.75 Å². The molecular weight excluding hydrogens is 224 g/mol. The van der Waals surface area contributed by atoms with Gasteiger partial charge in [-0.3, -0.25) is 0 Å². The predicted octanol–water partition coefficient (Wildman–Crippen LogP) is 1.80. The van der Waals surface area contributed by atoms with Gasteiger partial charge < -0.3 is 15.6 Å². The van der Waals surface area contributed by atoms with Gasteiger partial charge in [0.2, 0.25) is 0 Å². The van der Waals surface area contributed by atoms with Crippen molar-refractivity contribution < 1.29 is 9.84 Å². The van der Waals surface area contributed by atoms with Crippen molar-refractivity contribution in [3.63, 3.8) is 0 Å². The molecule has 2 rings (SSSR count).